The van der Waals surface area contributed by atoms with Gasteiger partial charge in [-0.25, -0.2) is 4.39 Å². The van der Waals surface area contributed by atoms with Crippen molar-refractivity contribution in [3.8, 4) is 0 Å². The van der Waals surface area contributed by atoms with Gasteiger partial charge < -0.3 is 5.32 Å². The molecular formula is C12H12FN3O. The number of amides is 1. The molecule has 1 aromatic heterocycles. The highest BCUT2D eigenvalue weighted by atomic mass is 19.1. The Balaban J connectivity index is 2.04. The van der Waals surface area contributed by atoms with Crippen LogP contribution >= 0.6 is 0 Å². The number of carbonyl (C=O) groups is 1. The van der Waals surface area contributed by atoms with Crippen molar-refractivity contribution in [2.24, 2.45) is 0 Å². The molecule has 0 saturated carbocycles. The molecule has 0 aliphatic carbocycles. The first-order valence-electron chi connectivity index (χ1n) is 5.20. The number of rotatable bonds is 3. The van der Waals surface area contributed by atoms with Crippen molar-refractivity contribution in [3.05, 3.63) is 53.1 Å². The lowest BCUT2D eigenvalue weighted by molar-refractivity contribution is 0.0947. The van der Waals surface area contributed by atoms with Crippen LogP contribution in [0.15, 0.2) is 30.5 Å². The fraction of sp³-hybridized carbons (Fsp3) is 0.167. The summed E-state index contributed by atoms with van der Waals surface area (Å²) in [7, 11) is 0. The summed E-state index contributed by atoms with van der Waals surface area (Å²) in [4.78, 5) is 11.7. The first kappa shape index (κ1) is 11.3. The Morgan fingerprint density at radius 3 is 2.88 bits per heavy atom. The van der Waals surface area contributed by atoms with E-state index in [1.165, 1.54) is 12.1 Å². The lowest BCUT2D eigenvalue weighted by atomic mass is 10.2. The second kappa shape index (κ2) is 4.78. The molecule has 1 aromatic carbocycles. The number of hydrogen-bond acceptors (Lipinski definition) is 2. The van der Waals surface area contributed by atoms with Gasteiger partial charge in [0.15, 0.2) is 0 Å². The maximum Gasteiger partial charge on any atom is 0.254 e. The zero-order valence-electron chi connectivity index (χ0n) is 9.33. The van der Waals surface area contributed by atoms with Gasteiger partial charge in [0.05, 0.1) is 11.8 Å². The molecule has 0 saturated heterocycles. The van der Waals surface area contributed by atoms with Gasteiger partial charge in [-0.2, -0.15) is 5.10 Å². The molecule has 88 valence electrons. The van der Waals surface area contributed by atoms with Gasteiger partial charge in [-0.1, -0.05) is 12.1 Å². The van der Waals surface area contributed by atoms with Crippen molar-refractivity contribution in [1.82, 2.24) is 15.5 Å². The predicted octanol–water partition coefficient (Wildman–Crippen LogP) is 1.79. The van der Waals surface area contributed by atoms with Crippen LogP contribution in [0.1, 0.15) is 21.6 Å². The van der Waals surface area contributed by atoms with Gasteiger partial charge in [-0.3, -0.25) is 9.89 Å². The van der Waals surface area contributed by atoms with Crippen molar-refractivity contribution >= 4 is 5.91 Å². The number of carbonyl (C=O) groups excluding carboxylic acids is 1. The van der Waals surface area contributed by atoms with Gasteiger partial charge in [0.2, 0.25) is 0 Å². The van der Waals surface area contributed by atoms with Crippen LogP contribution < -0.4 is 5.32 Å². The van der Waals surface area contributed by atoms with Crippen LogP contribution in [0.2, 0.25) is 0 Å². The van der Waals surface area contributed by atoms with Crippen molar-refractivity contribution in [3.63, 3.8) is 0 Å². The van der Waals surface area contributed by atoms with Gasteiger partial charge >= 0.3 is 0 Å². The molecule has 2 N–H and O–H groups in total. The Morgan fingerprint density at radius 1 is 1.47 bits per heavy atom. The summed E-state index contributed by atoms with van der Waals surface area (Å²) in [5.74, 6) is -0.947. The minimum absolute atomic E-state index is 0.0497. The standard InChI is InChI=1S/C12H12FN3O/c1-8-9(7-15-16-8)6-14-12(17)10-4-2-3-5-11(10)13/h2-5,7H,6H2,1H3,(H,14,17)(H,15,16). The first-order valence-corrected chi connectivity index (χ1v) is 5.20. The number of nitrogens with zero attached hydrogens (tertiary/aromatic N) is 1. The number of H-pyrrole nitrogens is 1. The Labute approximate surface area is 97.9 Å². The fourth-order valence-corrected chi connectivity index (χ4v) is 1.47. The van der Waals surface area contributed by atoms with Gasteiger partial charge in [0.1, 0.15) is 5.82 Å². The van der Waals surface area contributed by atoms with Crippen molar-refractivity contribution < 1.29 is 9.18 Å². The quantitative estimate of drug-likeness (QED) is 0.849. The number of benzene rings is 1. The third-order valence-electron chi connectivity index (χ3n) is 2.49. The molecular weight excluding hydrogens is 221 g/mol. The van der Waals surface area contributed by atoms with E-state index in [1.54, 1.807) is 18.3 Å². The zero-order chi connectivity index (χ0) is 12.3. The van der Waals surface area contributed by atoms with Crippen LogP contribution in [0.3, 0.4) is 0 Å². The number of aromatic amines is 1. The molecule has 0 unspecified atom stereocenters. The summed E-state index contributed by atoms with van der Waals surface area (Å²) < 4.78 is 13.3. The Kier molecular flexibility index (Phi) is 3.18. The molecule has 2 rings (SSSR count). The Morgan fingerprint density at radius 2 is 2.24 bits per heavy atom. The lowest BCUT2D eigenvalue weighted by Crippen LogP contribution is -2.23. The first-order chi connectivity index (χ1) is 8.18. The van der Waals surface area contributed by atoms with E-state index in [-0.39, 0.29) is 5.56 Å². The Hall–Kier alpha value is -2.17. The Bertz CT molecular complexity index is 536. The van der Waals surface area contributed by atoms with Crippen LogP contribution in [0.5, 0.6) is 0 Å². The van der Waals surface area contributed by atoms with Gasteiger partial charge in [-0.15, -0.1) is 0 Å². The molecule has 5 heteroatoms. The van der Waals surface area contributed by atoms with Crippen molar-refractivity contribution in [1.29, 1.82) is 0 Å². The topological polar surface area (TPSA) is 57.8 Å². The molecule has 0 radical (unpaired) electrons. The van der Waals surface area contributed by atoms with E-state index in [4.69, 9.17) is 0 Å². The van der Waals surface area contributed by atoms with E-state index in [2.05, 4.69) is 15.5 Å². The highest BCUT2D eigenvalue weighted by molar-refractivity contribution is 5.94. The SMILES string of the molecule is Cc1[nH]ncc1CNC(=O)c1ccccc1F. The number of halogens is 1. The third-order valence-corrected chi connectivity index (χ3v) is 2.49. The van der Waals surface area contributed by atoms with E-state index >= 15 is 0 Å². The molecule has 17 heavy (non-hydrogen) atoms. The van der Waals surface area contributed by atoms with Crippen LogP contribution in [0.4, 0.5) is 4.39 Å². The molecule has 0 aliphatic rings. The second-order valence-electron chi connectivity index (χ2n) is 3.68. The number of hydrogen-bond donors (Lipinski definition) is 2. The van der Waals surface area contributed by atoms with Crippen LogP contribution in [-0.2, 0) is 6.54 Å². The number of aryl methyl sites for hydroxylation is 1. The van der Waals surface area contributed by atoms with E-state index in [1.807, 2.05) is 6.92 Å². The normalized spacial score (nSPS) is 10.2. The second-order valence-corrected chi connectivity index (χ2v) is 3.68. The average Bonchev–Trinajstić information content (AvgIpc) is 2.72. The zero-order valence-corrected chi connectivity index (χ0v) is 9.33. The van der Waals surface area contributed by atoms with Gasteiger partial charge in [-0.05, 0) is 19.1 Å². The molecule has 4 nitrogen and oxygen atoms in total. The highest BCUT2D eigenvalue weighted by Crippen LogP contribution is 2.07. The largest absolute Gasteiger partial charge is 0.348 e. The maximum absolute atomic E-state index is 13.3. The maximum atomic E-state index is 13.3. The van der Waals surface area contributed by atoms with Crippen LogP contribution in [0, 0.1) is 12.7 Å². The van der Waals surface area contributed by atoms with Crippen molar-refractivity contribution in [2.75, 3.05) is 0 Å². The molecule has 0 spiro atoms. The number of nitrogens with one attached hydrogen (secondary N) is 2. The van der Waals surface area contributed by atoms with Gasteiger partial charge in [0, 0.05) is 17.8 Å². The molecule has 1 heterocycles. The lowest BCUT2D eigenvalue weighted by Gasteiger charge is -2.05. The van der Waals surface area contributed by atoms with E-state index < -0.39 is 11.7 Å². The summed E-state index contributed by atoms with van der Waals surface area (Å²) in [6, 6.07) is 5.89. The van der Waals surface area contributed by atoms with Gasteiger partial charge in [0.25, 0.3) is 5.91 Å². The summed E-state index contributed by atoms with van der Waals surface area (Å²) in [6.07, 6.45) is 1.64. The summed E-state index contributed by atoms with van der Waals surface area (Å²) in [6.45, 7) is 2.19. The predicted molar refractivity (Wildman–Crippen MR) is 60.9 cm³/mol. The fourth-order valence-electron chi connectivity index (χ4n) is 1.47. The summed E-state index contributed by atoms with van der Waals surface area (Å²) in [5, 5.41) is 9.25. The average molecular weight is 233 g/mol. The molecule has 1 amide bonds. The summed E-state index contributed by atoms with van der Waals surface area (Å²) in [5.41, 5.74) is 1.82. The smallest absolute Gasteiger partial charge is 0.254 e. The minimum atomic E-state index is -0.520. The number of aromatic nitrogens is 2. The third kappa shape index (κ3) is 2.50. The van der Waals surface area contributed by atoms with E-state index in [9.17, 15) is 9.18 Å². The molecule has 0 aliphatic heterocycles. The molecule has 0 bridgehead atoms. The highest BCUT2D eigenvalue weighted by Gasteiger charge is 2.10. The van der Waals surface area contributed by atoms with Crippen molar-refractivity contribution in [2.45, 2.75) is 13.5 Å². The summed E-state index contributed by atoms with van der Waals surface area (Å²) >= 11 is 0. The molecule has 2 aromatic rings. The van der Waals surface area contributed by atoms with E-state index in [0.717, 1.165) is 11.3 Å². The molecule has 0 fully saturated rings. The van der Waals surface area contributed by atoms with Crippen LogP contribution in [-0.4, -0.2) is 16.1 Å². The minimum Gasteiger partial charge on any atom is -0.348 e. The van der Waals surface area contributed by atoms with E-state index in [0.29, 0.717) is 6.54 Å². The van der Waals surface area contributed by atoms with Crippen LogP contribution in [0.25, 0.3) is 0 Å². The molecule has 0 atom stereocenters. The monoisotopic (exact) mass is 233 g/mol.